The molecule has 84 valence electrons. The Kier molecular flexibility index (Phi) is 2.65. The molecule has 0 aromatic carbocycles. The fraction of sp³-hybridized carbons (Fsp3) is 0.455. The second kappa shape index (κ2) is 4.14. The Hall–Kier alpha value is -0.940. The summed E-state index contributed by atoms with van der Waals surface area (Å²) in [7, 11) is 0. The molecule has 1 aliphatic rings. The minimum Gasteiger partial charge on any atom is -0.381 e. The van der Waals surface area contributed by atoms with Gasteiger partial charge in [-0.05, 0) is 40.4 Å². The molecule has 2 aromatic rings. The van der Waals surface area contributed by atoms with Crippen LogP contribution < -0.4 is 0 Å². The SMILES string of the molecule is Brc1cccn2c(CC3CCOC3)nnc12. The standard InChI is InChI=1S/C11H12BrN3O/c12-9-2-1-4-15-10(13-14-11(9)15)6-8-3-5-16-7-8/h1-2,4,8H,3,5-7H2. The number of hydrogen-bond donors (Lipinski definition) is 0. The van der Waals surface area contributed by atoms with Gasteiger partial charge in [0.2, 0.25) is 0 Å². The van der Waals surface area contributed by atoms with Gasteiger partial charge in [0.25, 0.3) is 0 Å². The summed E-state index contributed by atoms with van der Waals surface area (Å²) in [6, 6.07) is 3.97. The summed E-state index contributed by atoms with van der Waals surface area (Å²) in [5, 5.41) is 8.43. The minimum atomic E-state index is 0.589. The van der Waals surface area contributed by atoms with Crippen LogP contribution in [0.3, 0.4) is 0 Å². The first-order valence-electron chi connectivity index (χ1n) is 5.40. The Morgan fingerprint density at radius 3 is 3.25 bits per heavy atom. The molecule has 3 heterocycles. The van der Waals surface area contributed by atoms with Crippen molar-refractivity contribution in [1.82, 2.24) is 14.6 Å². The highest BCUT2D eigenvalue weighted by atomic mass is 79.9. The monoisotopic (exact) mass is 281 g/mol. The van der Waals surface area contributed by atoms with Gasteiger partial charge in [0.15, 0.2) is 5.65 Å². The van der Waals surface area contributed by atoms with E-state index in [-0.39, 0.29) is 0 Å². The van der Waals surface area contributed by atoms with Crippen molar-refractivity contribution >= 4 is 21.6 Å². The van der Waals surface area contributed by atoms with Gasteiger partial charge in [0, 0.05) is 25.8 Å². The van der Waals surface area contributed by atoms with Crippen LogP contribution in [0.15, 0.2) is 22.8 Å². The average molecular weight is 282 g/mol. The fourth-order valence-electron chi connectivity index (χ4n) is 2.07. The maximum absolute atomic E-state index is 5.37. The second-order valence-electron chi connectivity index (χ2n) is 4.10. The van der Waals surface area contributed by atoms with Gasteiger partial charge < -0.3 is 4.74 Å². The average Bonchev–Trinajstić information content (AvgIpc) is 2.90. The van der Waals surface area contributed by atoms with Crippen molar-refractivity contribution in [2.24, 2.45) is 5.92 Å². The zero-order valence-corrected chi connectivity index (χ0v) is 10.4. The van der Waals surface area contributed by atoms with E-state index in [9.17, 15) is 0 Å². The van der Waals surface area contributed by atoms with Crippen LogP contribution in [0.25, 0.3) is 5.65 Å². The maximum atomic E-state index is 5.37. The summed E-state index contributed by atoms with van der Waals surface area (Å²) < 4.78 is 8.40. The summed E-state index contributed by atoms with van der Waals surface area (Å²) in [5.74, 6) is 1.61. The zero-order valence-electron chi connectivity index (χ0n) is 8.77. The van der Waals surface area contributed by atoms with Gasteiger partial charge in [0.1, 0.15) is 5.82 Å². The van der Waals surface area contributed by atoms with Crippen molar-refractivity contribution in [3.63, 3.8) is 0 Å². The van der Waals surface area contributed by atoms with Gasteiger partial charge in [-0.1, -0.05) is 0 Å². The van der Waals surface area contributed by atoms with Crippen LogP contribution in [0, 0.1) is 5.92 Å². The van der Waals surface area contributed by atoms with Crippen molar-refractivity contribution in [1.29, 1.82) is 0 Å². The van der Waals surface area contributed by atoms with Gasteiger partial charge >= 0.3 is 0 Å². The molecule has 2 aromatic heterocycles. The van der Waals surface area contributed by atoms with Crippen LogP contribution in [-0.4, -0.2) is 27.8 Å². The first kappa shape index (κ1) is 10.2. The quantitative estimate of drug-likeness (QED) is 0.846. The summed E-state index contributed by atoms with van der Waals surface area (Å²) in [4.78, 5) is 0. The van der Waals surface area contributed by atoms with Crippen molar-refractivity contribution in [2.45, 2.75) is 12.8 Å². The van der Waals surface area contributed by atoms with E-state index in [0.29, 0.717) is 5.92 Å². The van der Waals surface area contributed by atoms with E-state index < -0.39 is 0 Å². The van der Waals surface area contributed by atoms with Crippen LogP contribution in [-0.2, 0) is 11.2 Å². The molecule has 1 saturated heterocycles. The van der Waals surface area contributed by atoms with Gasteiger partial charge in [-0.3, -0.25) is 4.40 Å². The molecule has 1 aliphatic heterocycles. The molecule has 3 rings (SSSR count). The van der Waals surface area contributed by atoms with E-state index in [4.69, 9.17) is 4.74 Å². The van der Waals surface area contributed by atoms with Crippen LogP contribution in [0.1, 0.15) is 12.2 Å². The maximum Gasteiger partial charge on any atom is 0.175 e. The van der Waals surface area contributed by atoms with E-state index in [0.717, 1.165) is 42.0 Å². The highest BCUT2D eigenvalue weighted by Gasteiger charge is 2.19. The molecule has 0 radical (unpaired) electrons. The lowest BCUT2D eigenvalue weighted by Crippen LogP contribution is -2.07. The number of nitrogens with zero attached hydrogens (tertiary/aromatic N) is 3. The molecule has 0 spiro atoms. The van der Waals surface area contributed by atoms with Crippen LogP contribution in [0.2, 0.25) is 0 Å². The number of fused-ring (bicyclic) bond motifs is 1. The molecule has 1 fully saturated rings. The smallest absolute Gasteiger partial charge is 0.175 e. The third-order valence-corrected chi connectivity index (χ3v) is 3.57. The third-order valence-electron chi connectivity index (χ3n) is 2.95. The lowest BCUT2D eigenvalue weighted by Gasteiger charge is -2.05. The minimum absolute atomic E-state index is 0.589. The van der Waals surface area contributed by atoms with E-state index in [1.54, 1.807) is 0 Å². The molecule has 0 aliphatic carbocycles. The number of aromatic nitrogens is 3. The zero-order chi connectivity index (χ0) is 11.0. The second-order valence-corrected chi connectivity index (χ2v) is 4.95. The topological polar surface area (TPSA) is 39.4 Å². The third kappa shape index (κ3) is 1.74. The molecule has 16 heavy (non-hydrogen) atoms. The van der Waals surface area contributed by atoms with Crippen LogP contribution in [0.5, 0.6) is 0 Å². The Morgan fingerprint density at radius 1 is 1.50 bits per heavy atom. The van der Waals surface area contributed by atoms with Gasteiger partial charge in [-0.2, -0.15) is 0 Å². The number of hydrogen-bond acceptors (Lipinski definition) is 3. The molecule has 4 nitrogen and oxygen atoms in total. The first-order valence-corrected chi connectivity index (χ1v) is 6.20. The van der Waals surface area contributed by atoms with E-state index >= 15 is 0 Å². The Labute approximate surface area is 102 Å². The van der Waals surface area contributed by atoms with E-state index in [2.05, 4.69) is 26.1 Å². The number of ether oxygens (including phenoxy) is 1. The van der Waals surface area contributed by atoms with Crippen LogP contribution >= 0.6 is 15.9 Å². The van der Waals surface area contributed by atoms with Crippen molar-refractivity contribution in [2.75, 3.05) is 13.2 Å². The van der Waals surface area contributed by atoms with Gasteiger partial charge in [-0.15, -0.1) is 10.2 Å². The van der Waals surface area contributed by atoms with Gasteiger partial charge in [-0.25, -0.2) is 0 Å². The lowest BCUT2D eigenvalue weighted by molar-refractivity contribution is 0.185. The molecular weight excluding hydrogens is 270 g/mol. The molecule has 1 atom stereocenters. The van der Waals surface area contributed by atoms with Crippen molar-refractivity contribution in [3.8, 4) is 0 Å². The molecule has 1 unspecified atom stereocenters. The predicted molar refractivity (Wildman–Crippen MR) is 63.3 cm³/mol. The summed E-state index contributed by atoms with van der Waals surface area (Å²) in [5.41, 5.74) is 0.886. The highest BCUT2D eigenvalue weighted by molar-refractivity contribution is 9.10. The molecule has 0 saturated carbocycles. The fourth-order valence-corrected chi connectivity index (χ4v) is 2.50. The Morgan fingerprint density at radius 2 is 2.44 bits per heavy atom. The van der Waals surface area contributed by atoms with Crippen LogP contribution in [0.4, 0.5) is 0 Å². The highest BCUT2D eigenvalue weighted by Crippen LogP contribution is 2.20. The Bertz CT molecular complexity index is 505. The molecule has 0 bridgehead atoms. The molecular formula is C11H12BrN3O. The Balaban J connectivity index is 1.94. The van der Waals surface area contributed by atoms with E-state index in [1.165, 1.54) is 0 Å². The van der Waals surface area contributed by atoms with Gasteiger partial charge in [0.05, 0.1) is 4.47 Å². The lowest BCUT2D eigenvalue weighted by atomic mass is 10.1. The molecule has 0 N–H and O–H groups in total. The molecule has 0 amide bonds. The van der Waals surface area contributed by atoms with Crippen molar-refractivity contribution < 1.29 is 4.74 Å². The first-order chi connectivity index (χ1) is 7.84. The summed E-state index contributed by atoms with van der Waals surface area (Å²) >= 11 is 3.47. The summed E-state index contributed by atoms with van der Waals surface area (Å²) in [6.45, 7) is 1.73. The van der Waals surface area contributed by atoms with Crippen molar-refractivity contribution in [3.05, 3.63) is 28.6 Å². The summed E-state index contributed by atoms with van der Waals surface area (Å²) in [6.07, 6.45) is 4.08. The predicted octanol–water partition coefficient (Wildman–Crippen LogP) is 2.07. The van der Waals surface area contributed by atoms with E-state index in [1.807, 2.05) is 22.7 Å². The molecule has 5 heteroatoms. The number of rotatable bonds is 2. The normalized spacial score (nSPS) is 20.7. The number of halogens is 1. The number of pyridine rings is 1. The largest absolute Gasteiger partial charge is 0.381 e.